The quantitative estimate of drug-likeness (QED) is 0.625. The third-order valence-electron chi connectivity index (χ3n) is 2.22. The lowest BCUT2D eigenvalue weighted by Crippen LogP contribution is -1.83. The molecule has 0 saturated heterocycles. The van der Waals surface area contributed by atoms with E-state index in [0.29, 0.717) is 0 Å². The molecule has 0 bridgehead atoms. The van der Waals surface area contributed by atoms with Crippen LogP contribution in [0, 0.1) is 0 Å². The number of hydrogen-bond donors (Lipinski definition) is 0. The molecule has 0 unspecified atom stereocenters. The second-order valence-corrected chi connectivity index (χ2v) is 3.33. The first-order chi connectivity index (χ1) is 6.86. The van der Waals surface area contributed by atoms with Crippen molar-refractivity contribution in [2.45, 2.75) is 26.7 Å². The number of hydrogen-bond acceptors (Lipinski definition) is 0. The number of benzene rings is 1. The average molecular weight is 186 g/mol. The molecule has 1 aromatic carbocycles. The summed E-state index contributed by atoms with van der Waals surface area (Å²) in [6.07, 6.45) is 10.5. The van der Waals surface area contributed by atoms with Gasteiger partial charge in [-0.25, -0.2) is 0 Å². The molecule has 0 fully saturated rings. The molecule has 14 heavy (non-hydrogen) atoms. The molecule has 0 aromatic heterocycles. The van der Waals surface area contributed by atoms with Crippen molar-refractivity contribution in [3.05, 3.63) is 59.7 Å². The van der Waals surface area contributed by atoms with Crippen molar-refractivity contribution in [2.75, 3.05) is 0 Å². The number of rotatable bonds is 4. The van der Waals surface area contributed by atoms with E-state index in [1.807, 2.05) is 13.0 Å². The summed E-state index contributed by atoms with van der Waals surface area (Å²) in [7, 11) is 0. The summed E-state index contributed by atoms with van der Waals surface area (Å²) in [5, 5.41) is 0. The lowest BCUT2D eigenvalue weighted by Gasteiger charge is -1.98. The summed E-state index contributed by atoms with van der Waals surface area (Å²) in [4.78, 5) is 0. The van der Waals surface area contributed by atoms with E-state index >= 15 is 0 Å². The highest BCUT2D eigenvalue weighted by Crippen LogP contribution is 2.06. The highest BCUT2D eigenvalue weighted by Gasteiger charge is 1.89. The third kappa shape index (κ3) is 3.61. The van der Waals surface area contributed by atoms with Gasteiger partial charge in [0.1, 0.15) is 0 Å². The molecule has 0 radical (unpaired) electrons. The van der Waals surface area contributed by atoms with Gasteiger partial charge >= 0.3 is 0 Å². The zero-order valence-electron chi connectivity index (χ0n) is 9.03. The van der Waals surface area contributed by atoms with Gasteiger partial charge in [-0.3, -0.25) is 0 Å². The molecule has 0 aliphatic heterocycles. The highest BCUT2D eigenvalue weighted by molar-refractivity contribution is 5.24. The van der Waals surface area contributed by atoms with Crippen LogP contribution in [-0.4, -0.2) is 0 Å². The first-order valence-corrected chi connectivity index (χ1v) is 5.22. The minimum Gasteiger partial charge on any atom is -0.0877 e. The summed E-state index contributed by atoms with van der Waals surface area (Å²) in [5.41, 5.74) is 2.79. The zero-order chi connectivity index (χ0) is 10.2. The smallest absolute Gasteiger partial charge is 0.00943 e. The van der Waals surface area contributed by atoms with Crippen LogP contribution in [0.1, 0.15) is 25.0 Å². The summed E-state index contributed by atoms with van der Waals surface area (Å²) in [6, 6.07) is 8.83. The van der Waals surface area contributed by atoms with Crippen LogP contribution in [0.5, 0.6) is 0 Å². The Morgan fingerprint density at radius 1 is 1.00 bits per heavy atom. The predicted molar refractivity (Wildman–Crippen MR) is 63.5 cm³/mol. The van der Waals surface area contributed by atoms with E-state index in [9.17, 15) is 0 Å². The van der Waals surface area contributed by atoms with Crippen LogP contribution >= 0.6 is 0 Å². The molecule has 0 saturated carbocycles. The van der Waals surface area contributed by atoms with Crippen molar-refractivity contribution in [3.63, 3.8) is 0 Å². The zero-order valence-corrected chi connectivity index (χ0v) is 9.03. The first kappa shape index (κ1) is 10.8. The third-order valence-corrected chi connectivity index (χ3v) is 2.22. The fourth-order valence-corrected chi connectivity index (χ4v) is 1.30. The molecular formula is C14H18. The molecule has 0 aliphatic carbocycles. The van der Waals surface area contributed by atoms with Gasteiger partial charge in [-0.2, -0.15) is 0 Å². The Bertz CT molecular complexity index is 301. The second kappa shape index (κ2) is 6.20. The Morgan fingerprint density at radius 3 is 2.21 bits per heavy atom. The number of allylic oxidation sites excluding steroid dienone is 4. The van der Waals surface area contributed by atoms with Crippen LogP contribution in [0.25, 0.3) is 0 Å². The van der Waals surface area contributed by atoms with E-state index in [2.05, 4.69) is 49.4 Å². The van der Waals surface area contributed by atoms with Gasteiger partial charge < -0.3 is 0 Å². The van der Waals surface area contributed by atoms with Crippen LogP contribution in [0.3, 0.4) is 0 Å². The molecule has 0 spiro atoms. The van der Waals surface area contributed by atoms with E-state index in [-0.39, 0.29) is 0 Å². The first-order valence-electron chi connectivity index (χ1n) is 5.22. The Labute approximate surface area is 87.0 Å². The van der Waals surface area contributed by atoms with Gasteiger partial charge in [0.15, 0.2) is 0 Å². The van der Waals surface area contributed by atoms with Crippen molar-refractivity contribution in [2.24, 2.45) is 0 Å². The van der Waals surface area contributed by atoms with E-state index in [1.165, 1.54) is 11.1 Å². The molecule has 1 rings (SSSR count). The van der Waals surface area contributed by atoms with Crippen molar-refractivity contribution in [1.82, 2.24) is 0 Å². The largest absolute Gasteiger partial charge is 0.0877 e. The maximum atomic E-state index is 2.21. The fourth-order valence-electron chi connectivity index (χ4n) is 1.30. The van der Waals surface area contributed by atoms with Crippen molar-refractivity contribution in [1.29, 1.82) is 0 Å². The van der Waals surface area contributed by atoms with E-state index in [0.717, 1.165) is 12.8 Å². The van der Waals surface area contributed by atoms with E-state index in [4.69, 9.17) is 0 Å². The van der Waals surface area contributed by atoms with Crippen LogP contribution in [-0.2, 0) is 12.8 Å². The molecule has 0 heterocycles. The SMILES string of the molecule is C/C=C\C=C/Cc1ccc(CC)cc1. The van der Waals surface area contributed by atoms with Crippen molar-refractivity contribution in [3.8, 4) is 0 Å². The molecular weight excluding hydrogens is 168 g/mol. The van der Waals surface area contributed by atoms with Crippen LogP contribution < -0.4 is 0 Å². The Morgan fingerprint density at radius 2 is 1.64 bits per heavy atom. The fraction of sp³-hybridized carbons (Fsp3) is 0.286. The van der Waals surface area contributed by atoms with Gasteiger partial charge in [0.2, 0.25) is 0 Å². The predicted octanol–water partition coefficient (Wildman–Crippen LogP) is 3.92. The van der Waals surface area contributed by atoms with Gasteiger partial charge in [-0.15, -0.1) is 0 Å². The normalized spacial score (nSPS) is 11.6. The van der Waals surface area contributed by atoms with Crippen molar-refractivity contribution < 1.29 is 0 Å². The van der Waals surface area contributed by atoms with Gasteiger partial charge in [0, 0.05) is 0 Å². The topological polar surface area (TPSA) is 0 Å². The summed E-state index contributed by atoms with van der Waals surface area (Å²) < 4.78 is 0. The lowest BCUT2D eigenvalue weighted by molar-refractivity contribution is 1.13. The van der Waals surface area contributed by atoms with E-state index in [1.54, 1.807) is 0 Å². The molecule has 0 amide bonds. The maximum Gasteiger partial charge on any atom is -0.00943 e. The van der Waals surface area contributed by atoms with Gasteiger partial charge in [-0.1, -0.05) is 55.5 Å². The van der Waals surface area contributed by atoms with E-state index < -0.39 is 0 Å². The standard InChI is InChI=1S/C14H18/c1-3-5-6-7-8-14-11-9-13(4-2)10-12-14/h3,5-7,9-12H,4,8H2,1-2H3/b5-3-,7-6-. The molecule has 0 nitrogen and oxygen atoms in total. The monoisotopic (exact) mass is 186 g/mol. The molecule has 0 atom stereocenters. The lowest BCUT2D eigenvalue weighted by atomic mass is 10.1. The molecule has 1 aromatic rings. The molecule has 0 aliphatic rings. The minimum absolute atomic E-state index is 1.02. The maximum absolute atomic E-state index is 2.21. The van der Waals surface area contributed by atoms with Gasteiger partial charge in [0.25, 0.3) is 0 Å². The highest BCUT2D eigenvalue weighted by atomic mass is 14.0. The van der Waals surface area contributed by atoms with Crippen LogP contribution in [0.15, 0.2) is 48.6 Å². The Hall–Kier alpha value is -1.30. The average Bonchev–Trinajstić information content (AvgIpc) is 2.25. The van der Waals surface area contributed by atoms with Crippen LogP contribution in [0.2, 0.25) is 0 Å². The Kier molecular flexibility index (Phi) is 4.77. The molecule has 74 valence electrons. The Balaban J connectivity index is 2.51. The second-order valence-electron chi connectivity index (χ2n) is 3.33. The van der Waals surface area contributed by atoms with Crippen molar-refractivity contribution >= 4 is 0 Å². The summed E-state index contributed by atoms with van der Waals surface area (Å²) >= 11 is 0. The summed E-state index contributed by atoms with van der Waals surface area (Å²) in [5.74, 6) is 0. The van der Waals surface area contributed by atoms with Gasteiger partial charge in [-0.05, 0) is 30.9 Å². The molecule has 0 N–H and O–H groups in total. The van der Waals surface area contributed by atoms with Crippen LogP contribution in [0.4, 0.5) is 0 Å². The minimum atomic E-state index is 1.02. The summed E-state index contributed by atoms with van der Waals surface area (Å²) in [6.45, 7) is 4.21. The number of aryl methyl sites for hydroxylation is 1. The van der Waals surface area contributed by atoms with Gasteiger partial charge in [0.05, 0.1) is 0 Å². The molecule has 0 heteroatoms.